The average Bonchev–Trinajstić information content (AvgIpc) is 2.36. The Morgan fingerprint density at radius 1 is 1.45 bits per heavy atom. The Morgan fingerprint density at radius 2 is 2.10 bits per heavy atom. The lowest BCUT2D eigenvalue weighted by atomic mass is 9.90. The number of amides is 1. The van der Waals surface area contributed by atoms with E-state index < -0.39 is 4.92 Å². The van der Waals surface area contributed by atoms with Gasteiger partial charge in [-0.15, -0.1) is 0 Å². The van der Waals surface area contributed by atoms with Crippen LogP contribution in [0.2, 0.25) is 0 Å². The summed E-state index contributed by atoms with van der Waals surface area (Å²) in [7, 11) is 0. The van der Waals surface area contributed by atoms with Crippen LogP contribution in [-0.4, -0.2) is 22.7 Å². The molecule has 0 fully saturated rings. The normalized spacial score (nSPS) is 11.2. The first-order valence-electron chi connectivity index (χ1n) is 6.36. The van der Waals surface area contributed by atoms with Gasteiger partial charge in [0.15, 0.2) is 0 Å². The van der Waals surface area contributed by atoms with Crippen molar-refractivity contribution >= 4 is 27.5 Å². The summed E-state index contributed by atoms with van der Waals surface area (Å²) in [6.45, 7) is 6.30. The molecule has 0 aliphatic heterocycles. The smallest absolute Gasteiger partial charge is 0.273 e. The molecule has 0 bridgehead atoms. The topological polar surface area (TPSA) is 72.2 Å². The van der Waals surface area contributed by atoms with Crippen molar-refractivity contribution in [3.05, 3.63) is 39.4 Å². The monoisotopic (exact) mass is 342 g/mol. The molecule has 5 nitrogen and oxygen atoms in total. The van der Waals surface area contributed by atoms with E-state index in [0.717, 1.165) is 11.8 Å². The van der Waals surface area contributed by atoms with Crippen LogP contribution in [-0.2, 0) is 0 Å². The van der Waals surface area contributed by atoms with E-state index in [0.29, 0.717) is 17.7 Å². The van der Waals surface area contributed by atoms with E-state index in [4.69, 9.17) is 0 Å². The molecular formula is C14H19BrN2O3. The molecule has 1 aromatic carbocycles. The number of benzene rings is 1. The quantitative estimate of drug-likeness (QED) is 0.489. The Bertz CT molecular complexity index is 515. The maximum absolute atomic E-state index is 12.0. The van der Waals surface area contributed by atoms with E-state index >= 15 is 0 Å². The van der Waals surface area contributed by atoms with Gasteiger partial charge in [-0.2, -0.15) is 0 Å². The van der Waals surface area contributed by atoms with Crippen molar-refractivity contribution in [2.75, 3.05) is 11.9 Å². The summed E-state index contributed by atoms with van der Waals surface area (Å²) >= 11 is 3.38. The molecule has 1 aromatic rings. The summed E-state index contributed by atoms with van der Waals surface area (Å²) in [4.78, 5) is 22.4. The fraction of sp³-hybridized carbons (Fsp3) is 0.500. The van der Waals surface area contributed by atoms with Gasteiger partial charge in [0, 0.05) is 29.1 Å². The molecular weight excluding hydrogens is 324 g/mol. The van der Waals surface area contributed by atoms with E-state index in [2.05, 4.69) is 35.1 Å². The summed E-state index contributed by atoms with van der Waals surface area (Å²) in [6.07, 6.45) is 0.932. The largest absolute Gasteiger partial charge is 0.351 e. The van der Waals surface area contributed by atoms with Crippen LogP contribution in [0.1, 0.15) is 36.2 Å². The highest BCUT2D eigenvalue weighted by Gasteiger charge is 2.20. The minimum absolute atomic E-state index is 0.0181. The van der Waals surface area contributed by atoms with Gasteiger partial charge in [-0.25, -0.2) is 0 Å². The van der Waals surface area contributed by atoms with Crippen molar-refractivity contribution in [3.63, 3.8) is 0 Å². The second-order valence-electron chi connectivity index (χ2n) is 5.54. The van der Waals surface area contributed by atoms with E-state index in [9.17, 15) is 14.9 Å². The number of carbonyl (C=O) groups excluding carboxylic acids is 1. The second-order valence-corrected chi connectivity index (χ2v) is 6.34. The molecule has 20 heavy (non-hydrogen) atoms. The maximum Gasteiger partial charge on any atom is 0.273 e. The standard InChI is InChI=1S/C14H19BrN2O3/c1-10-4-5-11(8-12(10)17(19)20)13(18)16-9-14(2,3)6-7-15/h4-5,8H,6-7,9H2,1-3H3,(H,16,18). The fourth-order valence-electron chi connectivity index (χ4n) is 1.71. The fourth-order valence-corrected chi connectivity index (χ4v) is 2.79. The first kappa shape index (κ1) is 16.6. The van der Waals surface area contributed by atoms with Gasteiger partial charge >= 0.3 is 0 Å². The number of nitro groups is 1. The molecule has 1 amide bonds. The van der Waals surface area contributed by atoms with Gasteiger partial charge in [0.1, 0.15) is 0 Å². The first-order chi connectivity index (χ1) is 9.26. The number of nitrogens with zero attached hydrogens (tertiary/aromatic N) is 1. The number of carbonyl (C=O) groups is 1. The van der Waals surface area contributed by atoms with Crippen LogP contribution in [0.5, 0.6) is 0 Å². The third kappa shape index (κ3) is 4.59. The van der Waals surface area contributed by atoms with Crippen molar-refractivity contribution in [3.8, 4) is 0 Å². The van der Waals surface area contributed by atoms with Crippen LogP contribution in [0.3, 0.4) is 0 Å². The van der Waals surface area contributed by atoms with Crippen LogP contribution >= 0.6 is 15.9 Å². The van der Waals surface area contributed by atoms with Crippen molar-refractivity contribution < 1.29 is 9.72 Å². The molecule has 0 saturated carbocycles. The Kier molecular flexibility index (Phi) is 5.68. The highest BCUT2D eigenvalue weighted by molar-refractivity contribution is 9.09. The van der Waals surface area contributed by atoms with Gasteiger partial charge in [-0.1, -0.05) is 35.8 Å². The minimum atomic E-state index is -0.471. The van der Waals surface area contributed by atoms with Crippen LogP contribution in [0.4, 0.5) is 5.69 Å². The zero-order valence-electron chi connectivity index (χ0n) is 11.9. The summed E-state index contributed by atoms with van der Waals surface area (Å²) in [5, 5.41) is 14.6. The summed E-state index contributed by atoms with van der Waals surface area (Å²) < 4.78 is 0. The number of nitrogens with one attached hydrogen (secondary N) is 1. The van der Waals surface area contributed by atoms with Crippen molar-refractivity contribution in [1.82, 2.24) is 5.32 Å². The van der Waals surface area contributed by atoms with Crippen LogP contribution in [0.25, 0.3) is 0 Å². The van der Waals surface area contributed by atoms with E-state index in [1.807, 2.05) is 0 Å². The SMILES string of the molecule is Cc1ccc(C(=O)NCC(C)(C)CCBr)cc1[N+](=O)[O-]. The molecule has 0 heterocycles. The molecule has 110 valence electrons. The van der Waals surface area contributed by atoms with Gasteiger partial charge in [0.2, 0.25) is 0 Å². The Morgan fingerprint density at radius 3 is 2.65 bits per heavy atom. The average molecular weight is 343 g/mol. The molecule has 1 N–H and O–H groups in total. The summed E-state index contributed by atoms with van der Waals surface area (Å²) in [6, 6.07) is 4.52. The van der Waals surface area contributed by atoms with Gasteiger partial charge < -0.3 is 5.32 Å². The van der Waals surface area contributed by atoms with Gasteiger partial charge in [-0.3, -0.25) is 14.9 Å². The molecule has 0 unspecified atom stereocenters. The predicted octanol–water partition coefficient (Wildman–Crippen LogP) is 3.44. The Balaban J connectivity index is 2.78. The third-order valence-corrected chi connectivity index (χ3v) is 3.56. The maximum atomic E-state index is 12.0. The molecule has 0 radical (unpaired) electrons. The van der Waals surface area contributed by atoms with E-state index in [1.165, 1.54) is 6.07 Å². The zero-order chi connectivity index (χ0) is 15.3. The van der Waals surface area contributed by atoms with E-state index in [-0.39, 0.29) is 17.0 Å². The van der Waals surface area contributed by atoms with Crippen LogP contribution in [0.15, 0.2) is 18.2 Å². The van der Waals surface area contributed by atoms with Gasteiger partial charge in [-0.05, 0) is 24.8 Å². The van der Waals surface area contributed by atoms with Crippen LogP contribution in [0, 0.1) is 22.5 Å². The lowest BCUT2D eigenvalue weighted by Crippen LogP contribution is -2.34. The summed E-state index contributed by atoms with van der Waals surface area (Å²) in [5.41, 5.74) is 0.816. The number of halogens is 1. The van der Waals surface area contributed by atoms with Crippen molar-refractivity contribution in [2.24, 2.45) is 5.41 Å². The molecule has 0 aliphatic carbocycles. The highest BCUT2D eigenvalue weighted by atomic mass is 79.9. The number of alkyl halides is 1. The molecule has 1 rings (SSSR count). The number of nitro benzene ring substituents is 1. The number of rotatable bonds is 6. The number of aryl methyl sites for hydroxylation is 1. The second kappa shape index (κ2) is 6.83. The molecule has 0 atom stereocenters. The predicted molar refractivity (Wildman–Crippen MR) is 82.4 cm³/mol. The molecule has 0 saturated heterocycles. The van der Waals surface area contributed by atoms with Gasteiger partial charge in [0.05, 0.1) is 4.92 Å². The number of hydrogen-bond donors (Lipinski definition) is 1. The first-order valence-corrected chi connectivity index (χ1v) is 7.48. The Hall–Kier alpha value is -1.43. The molecule has 0 aliphatic rings. The van der Waals surface area contributed by atoms with Crippen LogP contribution < -0.4 is 5.32 Å². The van der Waals surface area contributed by atoms with E-state index in [1.54, 1.807) is 19.1 Å². The van der Waals surface area contributed by atoms with Crippen molar-refractivity contribution in [2.45, 2.75) is 27.2 Å². The highest BCUT2D eigenvalue weighted by Crippen LogP contribution is 2.21. The summed E-state index contributed by atoms with van der Waals surface area (Å²) in [5.74, 6) is -0.282. The molecule has 0 aromatic heterocycles. The lowest BCUT2D eigenvalue weighted by molar-refractivity contribution is -0.385. The third-order valence-electron chi connectivity index (χ3n) is 3.17. The minimum Gasteiger partial charge on any atom is -0.351 e. The molecule has 0 spiro atoms. The Labute approximate surface area is 127 Å². The van der Waals surface area contributed by atoms with Gasteiger partial charge in [0.25, 0.3) is 11.6 Å². The lowest BCUT2D eigenvalue weighted by Gasteiger charge is -2.23. The number of hydrogen-bond acceptors (Lipinski definition) is 3. The zero-order valence-corrected chi connectivity index (χ0v) is 13.5. The van der Waals surface area contributed by atoms with Crippen molar-refractivity contribution in [1.29, 1.82) is 0 Å². The molecule has 6 heteroatoms.